The molecular weight excluding hydrogens is 277 g/mol. The number of ether oxygens (including phenoxy) is 2. The Bertz CT molecular complexity index is 417. The second-order valence-corrected chi connectivity index (χ2v) is 6.92. The van der Waals surface area contributed by atoms with E-state index < -0.39 is 33.7 Å². The molecule has 1 rings (SSSR count). The molecule has 0 aromatic heterocycles. The zero-order valence-corrected chi connectivity index (χ0v) is 12.2. The summed E-state index contributed by atoms with van der Waals surface area (Å²) in [6.07, 6.45) is -0.532. The first-order valence-electron chi connectivity index (χ1n) is 6.08. The smallest absolute Gasteiger partial charge is 0.410 e. The highest BCUT2D eigenvalue weighted by atomic mass is 32.3. The topological polar surface area (TPSA) is 72.9 Å². The number of hydrogen-bond acceptors (Lipinski definition) is 5. The van der Waals surface area contributed by atoms with Crippen molar-refractivity contribution in [3.05, 3.63) is 0 Å². The van der Waals surface area contributed by atoms with Crippen LogP contribution < -0.4 is 0 Å². The summed E-state index contributed by atoms with van der Waals surface area (Å²) >= 11 is 0. The third-order valence-corrected chi connectivity index (χ3v) is 3.27. The van der Waals surface area contributed by atoms with Gasteiger partial charge in [0, 0.05) is 6.54 Å². The molecule has 1 aliphatic heterocycles. The fourth-order valence-electron chi connectivity index (χ4n) is 1.73. The largest absolute Gasteiger partial charge is 0.444 e. The van der Waals surface area contributed by atoms with Gasteiger partial charge in [-0.25, -0.2) is 4.79 Å². The Kier molecular flexibility index (Phi) is 5.14. The van der Waals surface area contributed by atoms with E-state index in [1.165, 1.54) is 4.90 Å². The van der Waals surface area contributed by atoms with Crippen molar-refractivity contribution < 1.29 is 26.6 Å². The Morgan fingerprint density at radius 3 is 2.63 bits per heavy atom. The van der Waals surface area contributed by atoms with Crippen molar-refractivity contribution >= 4 is 16.3 Å². The molecule has 0 spiro atoms. The summed E-state index contributed by atoms with van der Waals surface area (Å²) in [4.78, 5) is 13.4. The molecule has 1 unspecified atom stereocenters. The number of nitrogens with zero attached hydrogens (tertiary/aromatic N) is 1. The van der Waals surface area contributed by atoms with Crippen LogP contribution in [0.3, 0.4) is 0 Å². The Morgan fingerprint density at radius 2 is 2.11 bits per heavy atom. The fourth-order valence-corrected chi connectivity index (χ4v) is 2.29. The van der Waals surface area contributed by atoms with Crippen LogP contribution in [0.1, 0.15) is 27.2 Å². The molecule has 1 heterocycles. The van der Waals surface area contributed by atoms with E-state index in [1.54, 1.807) is 20.8 Å². The Balaban J connectivity index is 2.64. The minimum absolute atomic E-state index is 0.00191. The van der Waals surface area contributed by atoms with Crippen LogP contribution in [0.2, 0.25) is 0 Å². The molecule has 112 valence electrons. The molecule has 19 heavy (non-hydrogen) atoms. The summed E-state index contributed by atoms with van der Waals surface area (Å²) in [6.45, 7) is 6.09. The maximum atomic E-state index is 12.5. The molecular formula is C11H20FNO5S. The highest BCUT2D eigenvalue weighted by Gasteiger charge is 2.31. The van der Waals surface area contributed by atoms with Crippen molar-refractivity contribution in [3.63, 3.8) is 0 Å². The molecule has 0 N–H and O–H groups in total. The third kappa shape index (κ3) is 6.20. The SMILES string of the molecule is CC(C)(C)OC(=O)N1CCOCC1CCS(=O)(=O)F. The van der Waals surface area contributed by atoms with Gasteiger partial charge in [0.05, 0.1) is 25.0 Å². The zero-order valence-electron chi connectivity index (χ0n) is 11.4. The highest BCUT2D eigenvalue weighted by molar-refractivity contribution is 7.86. The first-order chi connectivity index (χ1) is 8.58. The first kappa shape index (κ1) is 16.2. The van der Waals surface area contributed by atoms with Gasteiger partial charge in [-0.1, -0.05) is 0 Å². The van der Waals surface area contributed by atoms with Gasteiger partial charge in [0.15, 0.2) is 0 Å². The van der Waals surface area contributed by atoms with E-state index >= 15 is 0 Å². The Morgan fingerprint density at radius 1 is 1.47 bits per heavy atom. The molecule has 0 aromatic rings. The fraction of sp³-hybridized carbons (Fsp3) is 0.909. The lowest BCUT2D eigenvalue weighted by molar-refractivity contribution is -0.0327. The molecule has 1 aliphatic rings. The Hall–Kier alpha value is -0.890. The molecule has 1 amide bonds. The Labute approximate surface area is 113 Å². The quantitative estimate of drug-likeness (QED) is 0.734. The number of halogens is 1. The summed E-state index contributed by atoms with van der Waals surface area (Å²) in [7, 11) is -4.54. The van der Waals surface area contributed by atoms with Crippen molar-refractivity contribution in [2.24, 2.45) is 0 Å². The normalized spacial score (nSPS) is 21.3. The summed E-state index contributed by atoms with van der Waals surface area (Å²) in [6, 6.07) is -0.478. The average Bonchev–Trinajstić information content (AvgIpc) is 2.23. The molecule has 1 fully saturated rings. The van der Waals surface area contributed by atoms with Crippen molar-refractivity contribution in [2.45, 2.75) is 38.8 Å². The van der Waals surface area contributed by atoms with E-state index in [-0.39, 0.29) is 13.0 Å². The molecule has 0 saturated carbocycles. The lowest BCUT2D eigenvalue weighted by Crippen LogP contribution is -2.50. The van der Waals surface area contributed by atoms with Gasteiger partial charge in [0.2, 0.25) is 0 Å². The third-order valence-electron chi connectivity index (χ3n) is 2.55. The minimum Gasteiger partial charge on any atom is -0.444 e. The van der Waals surface area contributed by atoms with E-state index in [9.17, 15) is 17.1 Å². The van der Waals surface area contributed by atoms with E-state index in [2.05, 4.69) is 0 Å². The lowest BCUT2D eigenvalue weighted by atomic mass is 10.2. The number of hydrogen-bond donors (Lipinski definition) is 0. The van der Waals surface area contributed by atoms with Gasteiger partial charge in [0.1, 0.15) is 5.60 Å². The van der Waals surface area contributed by atoms with Crippen LogP contribution in [-0.2, 0) is 19.7 Å². The molecule has 0 aromatic carbocycles. The molecule has 8 heteroatoms. The lowest BCUT2D eigenvalue weighted by Gasteiger charge is -2.36. The van der Waals surface area contributed by atoms with Crippen LogP contribution in [0.25, 0.3) is 0 Å². The molecule has 0 radical (unpaired) electrons. The monoisotopic (exact) mass is 297 g/mol. The van der Waals surface area contributed by atoms with Gasteiger partial charge in [-0.05, 0) is 27.2 Å². The summed E-state index contributed by atoms with van der Waals surface area (Å²) in [5.74, 6) is -0.625. The number of carbonyl (C=O) groups is 1. The van der Waals surface area contributed by atoms with Crippen LogP contribution in [0.15, 0.2) is 0 Å². The van der Waals surface area contributed by atoms with E-state index in [1.807, 2.05) is 0 Å². The summed E-state index contributed by atoms with van der Waals surface area (Å²) < 4.78 is 44.0. The predicted molar refractivity (Wildman–Crippen MR) is 67.1 cm³/mol. The van der Waals surface area contributed by atoms with Crippen molar-refractivity contribution in [2.75, 3.05) is 25.5 Å². The molecule has 1 atom stereocenters. The van der Waals surface area contributed by atoms with Crippen LogP contribution >= 0.6 is 0 Å². The maximum Gasteiger partial charge on any atom is 0.410 e. The molecule has 0 bridgehead atoms. The van der Waals surface area contributed by atoms with Gasteiger partial charge < -0.3 is 14.4 Å². The second kappa shape index (κ2) is 6.04. The highest BCUT2D eigenvalue weighted by Crippen LogP contribution is 2.17. The van der Waals surface area contributed by atoms with Gasteiger partial charge in [0.25, 0.3) is 0 Å². The number of amides is 1. The average molecular weight is 297 g/mol. The molecule has 6 nitrogen and oxygen atoms in total. The van der Waals surface area contributed by atoms with Crippen LogP contribution in [0, 0.1) is 0 Å². The van der Waals surface area contributed by atoms with Crippen LogP contribution in [0.5, 0.6) is 0 Å². The predicted octanol–water partition coefficient (Wildman–Crippen LogP) is 1.31. The molecule has 1 saturated heterocycles. The van der Waals surface area contributed by atoms with Crippen LogP contribution in [-0.4, -0.2) is 56.6 Å². The summed E-state index contributed by atoms with van der Waals surface area (Å²) in [5.41, 5.74) is -0.633. The van der Waals surface area contributed by atoms with Crippen molar-refractivity contribution in [3.8, 4) is 0 Å². The number of carbonyl (C=O) groups excluding carboxylic acids is 1. The standard InChI is InChI=1S/C11H20FNO5S/c1-11(2,3)18-10(14)13-5-6-17-8-9(13)4-7-19(12,15)16/h9H,4-8H2,1-3H3. The number of rotatable bonds is 3. The zero-order chi connectivity index (χ0) is 14.7. The van der Waals surface area contributed by atoms with E-state index in [4.69, 9.17) is 9.47 Å². The molecule has 0 aliphatic carbocycles. The van der Waals surface area contributed by atoms with E-state index in [0.29, 0.717) is 13.2 Å². The first-order valence-corrected chi connectivity index (χ1v) is 7.63. The van der Waals surface area contributed by atoms with Crippen LogP contribution in [0.4, 0.5) is 8.68 Å². The maximum absolute atomic E-state index is 12.5. The van der Waals surface area contributed by atoms with Gasteiger partial charge in [-0.15, -0.1) is 3.89 Å². The van der Waals surface area contributed by atoms with E-state index in [0.717, 1.165) is 0 Å². The van der Waals surface area contributed by atoms with Gasteiger partial charge in [-0.2, -0.15) is 8.42 Å². The van der Waals surface area contributed by atoms with Gasteiger partial charge >= 0.3 is 16.3 Å². The summed E-state index contributed by atoms with van der Waals surface area (Å²) in [5, 5.41) is 0. The second-order valence-electron chi connectivity index (χ2n) is 5.43. The number of morpholine rings is 1. The van der Waals surface area contributed by atoms with Crippen molar-refractivity contribution in [1.29, 1.82) is 0 Å². The minimum atomic E-state index is -4.54. The van der Waals surface area contributed by atoms with Gasteiger partial charge in [-0.3, -0.25) is 0 Å². The van der Waals surface area contributed by atoms with Crippen molar-refractivity contribution in [1.82, 2.24) is 4.90 Å².